The number of benzene rings is 1. The topological polar surface area (TPSA) is 81.9 Å². The Morgan fingerprint density at radius 3 is 2.47 bits per heavy atom. The normalized spacial score (nSPS) is 10.3. The third-order valence-electron chi connectivity index (χ3n) is 2.20. The minimum absolute atomic E-state index is 0.0931. The predicted octanol–water partition coefficient (Wildman–Crippen LogP) is 1.78. The lowest BCUT2D eigenvalue weighted by atomic mass is 10.2. The van der Waals surface area contributed by atoms with Crippen LogP contribution in [0.4, 0.5) is 5.95 Å². The molecule has 0 saturated heterocycles. The van der Waals surface area contributed by atoms with Crippen LogP contribution in [-0.2, 0) is 7.05 Å². The molecule has 0 atom stereocenters. The van der Waals surface area contributed by atoms with Gasteiger partial charge < -0.3 is 4.74 Å². The summed E-state index contributed by atoms with van der Waals surface area (Å²) in [5, 5.41) is 14.0. The molecule has 0 unspecified atom stereocenters. The van der Waals surface area contributed by atoms with E-state index in [0.717, 1.165) is 0 Å². The Bertz CT molecular complexity index is 605. The lowest BCUT2D eigenvalue weighted by molar-refractivity contribution is 0.102. The van der Waals surface area contributed by atoms with Crippen LogP contribution in [0, 0.1) is 0 Å². The highest BCUT2D eigenvalue weighted by atomic mass is 35.5. The highest BCUT2D eigenvalue weighted by Crippen LogP contribution is 2.33. The fraction of sp³-hybridized carbons (Fsp3) is 0.200. The van der Waals surface area contributed by atoms with Crippen LogP contribution in [0.15, 0.2) is 12.1 Å². The van der Waals surface area contributed by atoms with E-state index in [4.69, 9.17) is 27.9 Å². The lowest BCUT2D eigenvalue weighted by Crippen LogP contribution is -2.13. The molecule has 19 heavy (non-hydrogen) atoms. The zero-order chi connectivity index (χ0) is 14.0. The minimum Gasteiger partial charge on any atom is -0.494 e. The van der Waals surface area contributed by atoms with Crippen molar-refractivity contribution in [2.75, 3.05) is 12.4 Å². The van der Waals surface area contributed by atoms with Crippen LogP contribution in [0.3, 0.4) is 0 Å². The number of hydrogen-bond donors (Lipinski definition) is 1. The van der Waals surface area contributed by atoms with E-state index in [1.807, 2.05) is 0 Å². The number of halogens is 2. The van der Waals surface area contributed by atoms with Crippen molar-refractivity contribution in [2.24, 2.45) is 7.05 Å². The van der Waals surface area contributed by atoms with E-state index >= 15 is 0 Å². The first-order chi connectivity index (χ1) is 9.01. The Balaban J connectivity index is 2.24. The molecule has 0 saturated carbocycles. The van der Waals surface area contributed by atoms with Crippen LogP contribution >= 0.6 is 23.2 Å². The van der Waals surface area contributed by atoms with Gasteiger partial charge in [-0.15, -0.1) is 5.10 Å². The van der Waals surface area contributed by atoms with E-state index < -0.39 is 5.91 Å². The molecule has 9 heteroatoms. The summed E-state index contributed by atoms with van der Waals surface area (Å²) < 4.78 is 5.00. The number of tetrazole rings is 1. The van der Waals surface area contributed by atoms with Gasteiger partial charge in [0, 0.05) is 5.56 Å². The van der Waals surface area contributed by atoms with Crippen molar-refractivity contribution in [2.45, 2.75) is 0 Å². The minimum atomic E-state index is -0.445. The maximum Gasteiger partial charge on any atom is 0.270 e. The average Bonchev–Trinajstić information content (AvgIpc) is 2.74. The molecule has 0 aliphatic heterocycles. The molecule has 0 fully saturated rings. The molecule has 2 aromatic rings. The first-order valence-corrected chi connectivity index (χ1v) is 5.85. The first-order valence-electron chi connectivity index (χ1n) is 5.09. The second-order valence-corrected chi connectivity index (χ2v) is 4.34. The molecule has 0 aliphatic rings. The van der Waals surface area contributed by atoms with Gasteiger partial charge in [-0.1, -0.05) is 28.3 Å². The third-order valence-corrected chi connectivity index (χ3v) is 2.76. The van der Waals surface area contributed by atoms with Crippen molar-refractivity contribution < 1.29 is 9.53 Å². The summed E-state index contributed by atoms with van der Waals surface area (Å²) in [7, 11) is 3.03. The predicted molar refractivity (Wildman–Crippen MR) is 69.8 cm³/mol. The quantitative estimate of drug-likeness (QED) is 0.934. The van der Waals surface area contributed by atoms with E-state index in [0.29, 0.717) is 5.75 Å². The summed E-state index contributed by atoms with van der Waals surface area (Å²) in [6.45, 7) is 0. The summed E-state index contributed by atoms with van der Waals surface area (Å²) in [5.74, 6) is -0.0347. The van der Waals surface area contributed by atoms with Gasteiger partial charge in [-0.3, -0.25) is 10.1 Å². The third kappa shape index (κ3) is 2.94. The summed E-state index contributed by atoms with van der Waals surface area (Å²) >= 11 is 11.9. The molecule has 1 N–H and O–H groups in total. The lowest BCUT2D eigenvalue weighted by Gasteiger charge is -2.08. The van der Waals surface area contributed by atoms with Crippen molar-refractivity contribution in [1.82, 2.24) is 20.2 Å². The second kappa shape index (κ2) is 5.41. The summed E-state index contributed by atoms with van der Waals surface area (Å²) in [6.07, 6.45) is 0. The highest BCUT2D eigenvalue weighted by molar-refractivity contribution is 6.37. The SMILES string of the molecule is COc1c(Cl)cc(C(=O)Nc2nnn(C)n2)cc1Cl. The smallest absolute Gasteiger partial charge is 0.270 e. The number of ether oxygens (including phenoxy) is 1. The van der Waals surface area contributed by atoms with Gasteiger partial charge in [0.05, 0.1) is 24.2 Å². The van der Waals surface area contributed by atoms with Gasteiger partial charge in [-0.25, -0.2) is 0 Å². The number of anilines is 1. The molecule has 0 aliphatic carbocycles. The Hall–Kier alpha value is -1.86. The maximum absolute atomic E-state index is 11.9. The van der Waals surface area contributed by atoms with Gasteiger partial charge in [-0.05, 0) is 17.3 Å². The number of aryl methyl sites for hydroxylation is 1. The van der Waals surface area contributed by atoms with E-state index in [-0.39, 0.29) is 21.6 Å². The molecular formula is C10H9Cl2N5O2. The molecular weight excluding hydrogens is 293 g/mol. The Labute approximate surface area is 118 Å². The van der Waals surface area contributed by atoms with Crippen molar-refractivity contribution in [3.63, 3.8) is 0 Å². The molecule has 1 heterocycles. The number of aromatic nitrogens is 4. The van der Waals surface area contributed by atoms with Crippen LogP contribution in [0.2, 0.25) is 10.0 Å². The Morgan fingerprint density at radius 2 is 2.00 bits per heavy atom. The highest BCUT2D eigenvalue weighted by Gasteiger charge is 2.15. The average molecular weight is 302 g/mol. The largest absolute Gasteiger partial charge is 0.494 e. The molecule has 0 bridgehead atoms. The second-order valence-electron chi connectivity index (χ2n) is 3.53. The Morgan fingerprint density at radius 1 is 1.37 bits per heavy atom. The maximum atomic E-state index is 11.9. The summed E-state index contributed by atoms with van der Waals surface area (Å²) in [4.78, 5) is 13.2. The molecule has 7 nitrogen and oxygen atoms in total. The molecule has 1 aromatic carbocycles. The molecule has 1 aromatic heterocycles. The number of hydrogen-bond acceptors (Lipinski definition) is 5. The van der Waals surface area contributed by atoms with Crippen LogP contribution < -0.4 is 10.1 Å². The zero-order valence-corrected chi connectivity index (χ0v) is 11.5. The van der Waals surface area contributed by atoms with E-state index in [2.05, 4.69) is 20.7 Å². The van der Waals surface area contributed by atoms with Gasteiger partial charge in [-0.2, -0.15) is 4.80 Å². The van der Waals surface area contributed by atoms with Crippen molar-refractivity contribution in [3.8, 4) is 5.75 Å². The molecule has 0 spiro atoms. The number of nitrogens with one attached hydrogen (secondary N) is 1. The van der Waals surface area contributed by atoms with E-state index in [9.17, 15) is 4.79 Å². The fourth-order valence-electron chi connectivity index (χ4n) is 1.39. The number of rotatable bonds is 3. The van der Waals surface area contributed by atoms with Crippen LogP contribution in [0.1, 0.15) is 10.4 Å². The van der Waals surface area contributed by atoms with Gasteiger partial charge in [0.15, 0.2) is 5.75 Å². The first kappa shape index (κ1) is 13.6. The van der Waals surface area contributed by atoms with E-state index in [1.54, 1.807) is 7.05 Å². The number of methoxy groups -OCH3 is 1. The fourth-order valence-corrected chi connectivity index (χ4v) is 2.04. The number of amides is 1. The van der Waals surface area contributed by atoms with Gasteiger partial charge in [0.25, 0.3) is 11.9 Å². The zero-order valence-electron chi connectivity index (χ0n) is 10.0. The molecule has 1 amide bonds. The van der Waals surface area contributed by atoms with Crippen LogP contribution in [-0.4, -0.2) is 33.2 Å². The van der Waals surface area contributed by atoms with Crippen molar-refractivity contribution in [3.05, 3.63) is 27.7 Å². The van der Waals surface area contributed by atoms with Crippen molar-refractivity contribution in [1.29, 1.82) is 0 Å². The standard InChI is InChI=1S/C10H9Cl2N5O2/c1-17-15-10(14-16-17)13-9(18)5-3-6(11)8(19-2)7(12)4-5/h3-4H,1-2H3,(H,13,15,18). The monoisotopic (exact) mass is 301 g/mol. The van der Waals surface area contributed by atoms with Crippen LogP contribution in [0.25, 0.3) is 0 Å². The molecule has 0 radical (unpaired) electrons. The van der Waals surface area contributed by atoms with Gasteiger partial charge >= 0.3 is 0 Å². The molecule has 2 rings (SSSR count). The number of carbonyl (C=O) groups is 1. The van der Waals surface area contributed by atoms with E-state index in [1.165, 1.54) is 24.0 Å². The van der Waals surface area contributed by atoms with Crippen molar-refractivity contribution >= 4 is 35.1 Å². The van der Waals surface area contributed by atoms with Crippen LogP contribution in [0.5, 0.6) is 5.75 Å². The number of carbonyl (C=O) groups excluding carboxylic acids is 1. The van der Waals surface area contributed by atoms with Gasteiger partial charge in [0.2, 0.25) is 0 Å². The summed E-state index contributed by atoms with van der Waals surface area (Å²) in [6, 6.07) is 2.88. The van der Waals surface area contributed by atoms with Gasteiger partial charge in [0.1, 0.15) is 0 Å². The Kier molecular flexibility index (Phi) is 3.87. The number of nitrogens with zero attached hydrogens (tertiary/aromatic N) is 4. The molecule has 100 valence electrons. The summed E-state index contributed by atoms with van der Waals surface area (Å²) in [5.41, 5.74) is 0.267.